The van der Waals surface area contributed by atoms with E-state index < -0.39 is 23.9 Å². The molecule has 0 bridgehead atoms. The zero-order chi connectivity index (χ0) is 16.4. The summed E-state index contributed by atoms with van der Waals surface area (Å²) in [5.74, 6) is -1.01. The van der Waals surface area contributed by atoms with Crippen LogP contribution in [-0.4, -0.2) is 30.6 Å². The number of esters is 1. The van der Waals surface area contributed by atoms with Crippen molar-refractivity contribution in [2.75, 3.05) is 6.61 Å². The summed E-state index contributed by atoms with van der Waals surface area (Å²) in [7, 11) is 0. The molecule has 2 N–H and O–H groups in total. The van der Waals surface area contributed by atoms with Gasteiger partial charge in [-0.2, -0.15) is 0 Å². The number of amides is 3. The maximum Gasteiger partial charge on any atom is 0.328 e. The van der Waals surface area contributed by atoms with Crippen LogP contribution in [0.25, 0.3) is 0 Å². The second-order valence-corrected chi connectivity index (χ2v) is 4.74. The molecule has 1 atom stereocenters. The normalized spacial score (nSPS) is 11.4. The molecule has 0 aliphatic carbocycles. The zero-order valence-electron chi connectivity index (χ0n) is 12.9. The van der Waals surface area contributed by atoms with Gasteiger partial charge in [-0.3, -0.25) is 10.1 Å². The van der Waals surface area contributed by atoms with Crippen molar-refractivity contribution in [2.45, 2.75) is 39.2 Å². The van der Waals surface area contributed by atoms with Crippen molar-refractivity contribution >= 4 is 17.9 Å². The van der Waals surface area contributed by atoms with Crippen molar-refractivity contribution in [3.05, 3.63) is 35.9 Å². The highest BCUT2D eigenvalue weighted by molar-refractivity contribution is 6.04. The van der Waals surface area contributed by atoms with Gasteiger partial charge in [0, 0.05) is 5.56 Å². The molecule has 0 aliphatic heterocycles. The molecular formula is C16H22N2O4. The molecule has 1 unspecified atom stereocenters. The number of urea groups is 1. The minimum atomic E-state index is -0.747. The summed E-state index contributed by atoms with van der Waals surface area (Å²) in [5.41, 5.74) is 0.374. The standard InChI is InChI=1S/C16H22N2O4/c1-3-5-11-13(15(20)22-4-2)17-16(21)18-14(19)12-9-7-6-8-10-12/h6-10,13H,3-5,11H2,1-2H3,(H2,17,18,19,21). The Morgan fingerprint density at radius 3 is 2.41 bits per heavy atom. The van der Waals surface area contributed by atoms with Crippen LogP contribution in [0.15, 0.2) is 30.3 Å². The number of rotatable bonds is 7. The number of imide groups is 1. The fraction of sp³-hybridized carbons (Fsp3) is 0.438. The van der Waals surface area contributed by atoms with Gasteiger partial charge in [-0.05, 0) is 25.5 Å². The first kappa shape index (κ1) is 17.7. The molecule has 0 heterocycles. The Balaban J connectivity index is 2.58. The fourth-order valence-electron chi connectivity index (χ4n) is 1.86. The van der Waals surface area contributed by atoms with Crippen molar-refractivity contribution in [1.82, 2.24) is 10.6 Å². The molecule has 1 aromatic rings. The lowest BCUT2D eigenvalue weighted by Gasteiger charge is -2.17. The summed E-state index contributed by atoms with van der Waals surface area (Å²) >= 11 is 0. The molecule has 1 rings (SSSR count). The average molecular weight is 306 g/mol. The molecular weight excluding hydrogens is 284 g/mol. The Bertz CT molecular complexity index is 502. The van der Waals surface area contributed by atoms with Gasteiger partial charge in [-0.1, -0.05) is 38.0 Å². The van der Waals surface area contributed by atoms with Crippen molar-refractivity contribution in [2.24, 2.45) is 0 Å². The van der Waals surface area contributed by atoms with Gasteiger partial charge in [0.1, 0.15) is 6.04 Å². The van der Waals surface area contributed by atoms with E-state index in [0.29, 0.717) is 12.0 Å². The van der Waals surface area contributed by atoms with E-state index in [4.69, 9.17) is 4.74 Å². The molecule has 0 aromatic heterocycles. The van der Waals surface area contributed by atoms with Crippen molar-refractivity contribution < 1.29 is 19.1 Å². The first-order chi connectivity index (χ1) is 10.6. The van der Waals surface area contributed by atoms with Crippen molar-refractivity contribution in [3.8, 4) is 0 Å². The van der Waals surface area contributed by atoms with Gasteiger partial charge in [0.15, 0.2) is 0 Å². The molecule has 6 nitrogen and oxygen atoms in total. The maximum absolute atomic E-state index is 11.9. The summed E-state index contributed by atoms with van der Waals surface area (Å²) in [6.45, 7) is 3.93. The third-order valence-electron chi connectivity index (χ3n) is 2.99. The maximum atomic E-state index is 11.9. The van der Waals surface area contributed by atoms with Crippen LogP contribution in [0.4, 0.5) is 4.79 Å². The molecule has 3 amide bonds. The van der Waals surface area contributed by atoms with Crippen LogP contribution >= 0.6 is 0 Å². The Hall–Kier alpha value is -2.37. The lowest BCUT2D eigenvalue weighted by atomic mass is 10.1. The SMILES string of the molecule is CCCCC(NC(=O)NC(=O)c1ccccc1)C(=O)OCC. The number of nitrogens with one attached hydrogen (secondary N) is 2. The van der Waals surface area contributed by atoms with E-state index in [-0.39, 0.29) is 6.61 Å². The second kappa shape index (κ2) is 9.55. The highest BCUT2D eigenvalue weighted by Gasteiger charge is 2.22. The van der Waals surface area contributed by atoms with Crippen LogP contribution in [0, 0.1) is 0 Å². The molecule has 0 radical (unpaired) electrons. The third kappa shape index (κ3) is 5.95. The number of carbonyl (C=O) groups excluding carboxylic acids is 3. The van der Waals surface area contributed by atoms with Gasteiger partial charge in [0.25, 0.3) is 5.91 Å². The Morgan fingerprint density at radius 2 is 1.82 bits per heavy atom. The lowest BCUT2D eigenvalue weighted by molar-refractivity contribution is -0.145. The van der Waals surface area contributed by atoms with Crippen LogP contribution in [0.3, 0.4) is 0 Å². The van der Waals surface area contributed by atoms with Gasteiger partial charge < -0.3 is 10.1 Å². The minimum Gasteiger partial charge on any atom is -0.464 e. The molecule has 0 saturated heterocycles. The molecule has 0 fully saturated rings. The first-order valence-corrected chi connectivity index (χ1v) is 7.42. The molecule has 0 saturated carbocycles. The van der Waals surface area contributed by atoms with Crippen LogP contribution in [0.2, 0.25) is 0 Å². The van der Waals surface area contributed by atoms with Crippen LogP contribution in [0.1, 0.15) is 43.5 Å². The van der Waals surface area contributed by atoms with E-state index in [1.807, 2.05) is 6.92 Å². The Morgan fingerprint density at radius 1 is 1.14 bits per heavy atom. The summed E-state index contributed by atoms with van der Waals surface area (Å²) in [4.78, 5) is 35.5. The van der Waals surface area contributed by atoms with Crippen molar-refractivity contribution in [1.29, 1.82) is 0 Å². The van der Waals surface area contributed by atoms with Crippen LogP contribution < -0.4 is 10.6 Å². The summed E-state index contributed by atoms with van der Waals surface area (Å²) in [5, 5.41) is 4.69. The average Bonchev–Trinajstić information content (AvgIpc) is 2.52. The predicted molar refractivity (Wildman–Crippen MR) is 82.4 cm³/mol. The van der Waals surface area contributed by atoms with E-state index in [1.54, 1.807) is 37.3 Å². The number of carbonyl (C=O) groups is 3. The molecule has 1 aromatic carbocycles. The highest BCUT2D eigenvalue weighted by Crippen LogP contribution is 2.03. The van der Waals surface area contributed by atoms with Gasteiger partial charge in [-0.15, -0.1) is 0 Å². The molecule has 0 aliphatic rings. The molecule has 6 heteroatoms. The number of benzene rings is 1. The highest BCUT2D eigenvalue weighted by atomic mass is 16.5. The predicted octanol–water partition coefficient (Wildman–Crippen LogP) is 2.25. The molecule has 120 valence electrons. The Kier molecular flexibility index (Phi) is 7.67. The second-order valence-electron chi connectivity index (χ2n) is 4.74. The molecule has 0 spiro atoms. The largest absolute Gasteiger partial charge is 0.464 e. The summed E-state index contributed by atoms with van der Waals surface area (Å²) in [6, 6.07) is 6.93. The third-order valence-corrected chi connectivity index (χ3v) is 2.99. The van der Waals surface area contributed by atoms with E-state index in [9.17, 15) is 14.4 Å². The van der Waals surface area contributed by atoms with E-state index in [1.165, 1.54) is 0 Å². The smallest absolute Gasteiger partial charge is 0.328 e. The van der Waals surface area contributed by atoms with E-state index in [2.05, 4.69) is 10.6 Å². The summed E-state index contributed by atoms with van der Waals surface area (Å²) in [6.07, 6.45) is 2.14. The van der Waals surface area contributed by atoms with E-state index in [0.717, 1.165) is 12.8 Å². The number of unbranched alkanes of at least 4 members (excludes halogenated alkanes) is 1. The van der Waals surface area contributed by atoms with E-state index >= 15 is 0 Å². The Labute approximate surface area is 130 Å². The van der Waals surface area contributed by atoms with Gasteiger partial charge in [-0.25, -0.2) is 9.59 Å². The first-order valence-electron chi connectivity index (χ1n) is 7.42. The monoisotopic (exact) mass is 306 g/mol. The number of hydrogen-bond acceptors (Lipinski definition) is 4. The number of ether oxygens (including phenoxy) is 1. The topological polar surface area (TPSA) is 84.5 Å². The summed E-state index contributed by atoms with van der Waals surface area (Å²) < 4.78 is 4.93. The van der Waals surface area contributed by atoms with Gasteiger partial charge >= 0.3 is 12.0 Å². The van der Waals surface area contributed by atoms with Crippen molar-refractivity contribution in [3.63, 3.8) is 0 Å². The molecule has 22 heavy (non-hydrogen) atoms. The lowest BCUT2D eigenvalue weighted by Crippen LogP contribution is -2.48. The quantitative estimate of drug-likeness (QED) is 0.757. The minimum absolute atomic E-state index is 0.244. The van der Waals surface area contributed by atoms with Crippen LogP contribution in [0.5, 0.6) is 0 Å². The van der Waals surface area contributed by atoms with Crippen LogP contribution in [-0.2, 0) is 9.53 Å². The fourth-order valence-corrected chi connectivity index (χ4v) is 1.86. The number of hydrogen-bond donors (Lipinski definition) is 2. The van der Waals surface area contributed by atoms with Gasteiger partial charge in [0.05, 0.1) is 6.61 Å². The van der Waals surface area contributed by atoms with Gasteiger partial charge in [0.2, 0.25) is 0 Å². The zero-order valence-corrected chi connectivity index (χ0v) is 12.9.